The Hall–Kier alpha value is -1.85. The fraction of sp³-hybridized carbons (Fsp3) is 0.550. The Labute approximate surface area is 148 Å². The van der Waals surface area contributed by atoms with Gasteiger partial charge in [-0.25, -0.2) is 0 Å². The third kappa shape index (κ3) is 3.44. The lowest BCUT2D eigenvalue weighted by atomic mass is 9.92. The fourth-order valence-electron chi connectivity index (χ4n) is 4.12. The number of para-hydroxylation sites is 1. The molecule has 1 aromatic carbocycles. The highest BCUT2D eigenvalue weighted by atomic mass is 16.5. The van der Waals surface area contributed by atoms with Crippen molar-refractivity contribution in [2.45, 2.75) is 31.7 Å². The van der Waals surface area contributed by atoms with E-state index in [1.165, 1.54) is 16.6 Å². The number of hydrogen-bond donors (Lipinski definition) is 1. The number of carbonyl (C=O) groups excluding carboxylic acids is 1. The van der Waals surface area contributed by atoms with Crippen molar-refractivity contribution in [3.8, 4) is 0 Å². The number of amides is 1. The van der Waals surface area contributed by atoms with E-state index in [0.29, 0.717) is 19.1 Å². The number of piperidine rings is 1. The van der Waals surface area contributed by atoms with Gasteiger partial charge < -0.3 is 14.6 Å². The minimum absolute atomic E-state index is 0.0261. The average Bonchev–Trinajstić information content (AvgIpc) is 3.12. The molecule has 0 radical (unpaired) electrons. The summed E-state index contributed by atoms with van der Waals surface area (Å²) in [4.78, 5) is 20.6. The lowest BCUT2D eigenvalue weighted by Crippen LogP contribution is -2.52. The van der Waals surface area contributed by atoms with Gasteiger partial charge >= 0.3 is 0 Å². The van der Waals surface area contributed by atoms with Crippen LogP contribution in [0, 0.1) is 0 Å². The molecule has 0 bridgehead atoms. The molecule has 2 aliphatic rings. The number of benzene rings is 1. The van der Waals surface area contributed by atoms with Crippen molar-refractivity contribution < 1.29 is 9.53 Å². The quantitative estimate of drug-likeness (QED) is 0.933. The Balaban J connectivity index is 1.36. The summed E-state index contributed by atoms with van der Waals surface area (Å²) in [7, 11) is 0. The van der Waals surface area contributed by atoms with Crippen LogP contribution in [0.15, 0.2) is 30.3 Å². The number of nitrogens with zero attached hydrogens (tertiary/aromatic N) is 2. The second-order valence-corrected chi connectivity index (χ2v) is 7.24. The van der Waals surface area contributed by atoms with Crippen LogP contribution in [0.4, 0.5) is 0 Å². The number of ether oxygens (including phenoxy) is 1. The Morgan fingerprint density at radius 1 is 1.16 bits per heavy atom. The van der Waals surface area contributed by atoms with Crippen molar-refractivity contribution in [1.82, 2.24) is 14.8 Å². The van der Waals surface area contributed by atoms with Crippen molar-refractivity contribution in [2.75, 3.05) is 39.4 Å². The van der Waals surface area contributed by atoms with Gasteiger partial charge in [-0.1, -0.05) is 18.2 Å². The van der Waals surface area contributed by atoms with E-state index >= 15 is 0 Å². The van der Waals surface area contributed by atoms with Gasteiger partial charge in [0.15, 0.2) is 0 Å². The molecule has 2 aromatic rings. The number of nitrogens with one attached hydrogen (secondary N) is 1. The van der Waals surface area contributed by atoms with Crippen molar-refractivity contribution in [3.63, 3.8) is 0 Å². The first-order valence-corrected chi connectivity index (χ1v) is 9.40. The number of fused-ring (bicyclic) bond motifs is 1. The molecule has 1 aromatic heterocycles. The van der Waals surface area contributed by atoms with Gasteiger partial charge in [0.2, 0.25) is 5.91 Å². The van der Waals surface area contributed by atoms with Gasteiger partial charge in [0, 0.05) is 30.2 Å². The third-order valence-electron chi connectivity index (χ3n) is 5.75. The Kier molecular flexibility index (Phi) is 4.77. The van der Waals surface area contributed by atoms with E-state index in [2.05, 4.69) is 47.1 Å². The fourth-order valence-corrected chi connectivity index (χ4v) is 4.12. The van der Waals surface area contributed by atoms with Gasteiger partial charge in [-0.05, 0) is 50.4 Å². The summed E-state index contributed by atoms with van der Waals surface area (Å²) >= 11 is 0. The molecule has 134 valence electrons. The number of hydrogen-bond acceptors (Lipinski definition) is 3. The summed E-state index contributed by atoms with van der Waals surface area (Å²) in [6, 6.07) is 10.7. The first kappa shape index (κ1) is 16.6. The second-order valence-electron chi connectivity index (χ2n) is 7.24. The molecule has 2 saturated heterocycles. The Morgan fingerprint density at radius 2 is 1.88 bits per heavy atom. The van der Waals surface area contributed by atoms with Crippen LogP contribution in [-0.4, -0.2) is 66.1 Å². The minimum atomic E-state index is -0.0261. The largest absolute Gasteiger partial charge is 0.378 e. The van der Waals surface area contributed by atoms with Crippen LogP contribution in [0.2, 0.25) is 0 Å². The number of morpholine rings is 1. The van der Waals surface area contributed by atoms with E-state index < -0.39 is 0 Å². The number of likely N-dealkylation sites (tertiary alicyclic amines) is 1. The lowest BCUT2D eigenvalue weighted by Gasteiger charge is -2.38. The van der Waals surface area contributed by atoms with E-state index in [1.807, 2.05) is 4.90 Å². The monoisotopic (exact) mass is 341 g/mol. The summed E-state index contributed by atoms with van der Waals surface area (Å²) in [6.07, 6.45) is 2.21. The van der Waals surface area contributed by atoms with Crippen molar-refractivity contribution >= 4 is 16.8 Å². The van der Waals surface area contributed by atoms with Crippen LogP contribution in [0.3, 0.4) is 0 Å². The zero-order chi connectivity index (χ0) is 17.2. The zero-order valence-corrected chi connectivity index (χ0v) is 14.9. The van der Waals surface area contributed by atoms with E-state index in [9.17, 15) is 4.79 Å². The predicted octanol–water partition coefficient (Wildman–Crippen LogP) is 2.59. The highest BCUT2D eigenvalue weighted by molar-refractivity contribution is 5.82. The molecule has 2 fully saturated rings. The molecular weight excluding hydrogens is 314 g/mol. The van der Waals surface area contributed by atoms with Gasteiger partial charge in [0.1, 0.15) is 0 Å². The molecule has 0 spiro atoms. The van der Waals surface area contributed by atoms with E-state index in [1.54, 1.807) is 0 Å². The molecule has 1 atom stereocenters. The number of carbonyl (C=O) groups is 1. The molecule has 2 aliphatic heterocycles. The molecule has 1 N–H and O–H groups in total. The van der Waals surface area contributed by atoms with Gasteiger partial charge in [-0.15, -0.1) is 0 Å². The van der Waals surface area contributed by atoms with Gasteiger partial charge in [0.25, 0.3) is 0 Å². The molecule has 0 saturated carbocycles. The van der Waals surface area contributed by atoms with Crippen molar-refractivity contribution in [1.29, 1.82) is 0 Å². The maximum Gasteiger partial charge on any atom is 0.239 e. The first-order chi connectivity index (χ1) is 12.2. The molecule has 5 heteroatoms. The van der Waals surface area contributed by atoms with Gasteiger partial charge in [-0.2, -0.15) is 0 Å². The normalized spacial score (nSPS) is 21.6. The molecule has 0 unspecified atom stereocenters. The SMILES string of the molecule is C[C@H](C(=O)N1CCOCC1)N1CCC(c2cc3ccccc3[nH]2)CC1. The maximum atomic E-state index is 12.7. The lowest BCUT2D eigenvalue weighted by molar-refractivity contribution is -0.140. The van der Waals surface area contributed by atoms with E-state index in [4.69, 9.17) is 4.74 Å². The molecular formula is C20H27N3O2. The summed E-state index contributed by atoms with van der Waals surface area (Å²) in [6.45, 7) is 6.82. The second kappa shape index (κ2) is 7.18. The number of H-pyrrole nitrogens is 1. The number of aromatic nitrogens is 1. The number of rotatable bonds is 3. The Morgan fingerprint density at radius 3 is 2.60 bits per heavy atom. The van der Waals surface area contributed by atoms with E-state index in [0.717, 1.165) is 39.0 Å². The smallest absolute Gasteiger partial charge is 0.239 e. The topological polar surface area (TPSA) is 48.6 Å². The molecule has 5 nitrogen and oxygen atoms in total. The molecule has 4 rings (SSSR count). The molecule has 25 heavy (non-hydrogen) atoms. The maximum absolute atomic E-state index is 12.7. The predicted molar refractivity (Wildman–Crippen MR) is 98.7 cm³/mol. The van der Waals surface area contributed by atoms with Crippen LogP contribution in [0.5, 0.6) is 0 Å². The van der Waals surface area contributed by atoms with Crippen LogP contribution in [0.1, 0.15) is 31.4 Å². The summed E-state index contributed by atoms with van der Waals surface area (Å²) in [5.74, 6) is 0.821. The molecule has 1 amide bonds. The minimum Gasteiger partial charge on any atom is -0.378 e. The standard InChI is InChI=1S/C20H27N3O2/c1-15(20(24)23-10-12-25-13-11-23)22-8-6-16(7-9-22)19-14-17-4-2-3-5-18(17)21-19/h2-5,14-16,21H,6-13H2,1H3/t15-/m1/s1. The summed E-state index contributed by atoms with van der Waals surface area (Å²) in [5, 5.41) is 1.29. The summed E-state index contributed by atoms with van der Waals surface area (Å²) < 4.78 is 5.35. The van der Waals surface area contributed by atoms with Gasteiger partial charge in [0.05, 0.1) is 19.3 Å². The average molecular weight is 341 g/mol. The van der Waals surface area contributed by atoms with Crippen LogP contribution < -0.4 is 0 Å². The van der Waals surface area contributed by atoms with Crippen LogP contribution >= 0.6 is 0 Å². The zero-order valence-electron chi connectivity index (χ0n) is 14.9. The van der Waals surface area contributed by atoms with Crippen molar-refractivity contribution in [3.05, 3.63) is 36.0 Å². The summed E-state index contributed by atoms with van der Waals surface area (Å²) in [5.41, 5.74) is 2.56. The highest BCUT2D eigenvalue weighted by Crippen LogP contribution is 2.30. The highest BCUT2D eigenvalue weighted by Gasteiger charge is 2.30. The van der Waals surface area contributed by atoms with E-state index in [-0.39, 0.29) is 11.9 Å². The van der Waals surface area contributed by atoms with Crippen molar-refractivity contribution in [2.24, 2.45) is 0 Å². The molecule has 3 heterocycles. The van der Waals surface area contributed by atoms with Gasteiger partial charge in [-0.3, -0.25) is 9.69 Å². The molecule has 0 aliphatic carbocycles. The number of aromatic amines is 1. The van der Waals surface area contributed by atoms with Crippen LogP contribution in [0.25, 0.3) is 10.9 Å². The third-order valence-corrected chi connectivity index (χ3v) is 5.75. The Bertz CT molecular complexity index is 694. The first-order valence-electron chi connectivity index (χ1n) is 9.40. The van der Waals surface area contributed by atoms with Crippen LogP contribution in [-0.2, 0) is 9.53 Å².